The second-order valence-electron chi connectivity index (χ2n) is 5.73. The van der Waals surface area contributed by atoms with Crippen LogP contribution in [0.2, 0.25) is 5.15 Å². The van der Waals surface area contributed by atoms with Gasteiger partial charge in [-0.2, -0.15) is 10.4 Å². The maximum Gasteiger partial charge on any atom is 0.323 e. The van der Waals surface area contributed by atoms with Crippen molar-refractivity contribution in [3.63, 3.8) is 0 Å². The molecule has 0 saturated heterocycles. The molecule has 8 nitrogen and oxygen atoms in total. The smallest absolute Gasteiger partial charge is 0.306 e. The first-order chi connectivity index (χ1) is 12.1. The van der Waals surface area contributed by atoms with Gasteiger partial charge in [0.05, 0.1) is 35.5 Å². The Morgan fingerprint density at radius 2 is 2.16 bits per heavy atom. The molecule has 0 radical (unpaired) electrons. The summed E-state index contributed by atoms with van der Waals surface area (Å²) in [5, 5.41) is 18.9. The van der Waals surface area contributed by atoms with E-state index in [1.54, 1.807) is 23.0 Å². The largest absolute Gasteiger partial charge is 0.323 e. The Hall–Kier alpha value is -3.18. The third kappa shape index (κ3) is 3.09. The van der Waals surface area contributed by atoms with E-state index in [2.05, 4.69) is 25.7 Å². The maximum atomic E-state index is 12.3. The number of amides is 2. The Bertz CT molecular complexity index is 1020. The Kier molecular flexibility index (Phi) is 3.71. The van der Waals surface area contributed by atoms with E-state index in [1.807, 2.05) is 6.07 Å². The molecule has 9 heteroatoms. The van der Waals surface area contributed by atoms with E-state index in [9.17, 15) is 4.79 Å². The molecule has 3 heterocycles. The first-order valence-electron chi connectivity index (χ1n) is 7.61. The molecular formula is C16H12ClN7O. The molecule has 3 aromatic heterocycles. The molecule has 2 N–H and O–H groups in total. The fraction of sp³-hybridized carbons (Fsp3) is 0.188. The summed E-state index contributed by atoms with van der Waals surface area (Å²) in [5.74, 6) is 0.336. The predicted octanol–water partition coefficient (Wildman–Crippen LogP) is 3.17. The second kappa shape index (κ2) is 6.03. The van der Waals surface area contributed by atoms with Gasteiger partial charge in [-0.3, -0.25) is 4.98 Å². The number of rotatable bonds is 3. The number of hydrogen-bond acceptors (Lipinski definition) is 5. The minimum absolute atomic E-state index is 0.336. The number of hydrogen-bond donors (Lipinski definition) is 2. The van der Waals surface area contributed by atoms with Crippen molar-refractivity contribution in [1.29, 1.82) is 5.26 Å². The normalized spacial score (nSPS) is 13.4. The van der Waals surface area contributed by atoms with Crippen LogP contribution in [-0.2, 0) is 0 Å². The number of nitriles is 1. The van der Waals surface area contributed by atoms with Crippen LogP contribution >= 0.6 is 11.6 Å². The number of halogens is 1. The first-order valence-corrected chi connectivity index (χ1v) is 7.99. The third-order valence-corrected chi connectivity index (χ3v) is 4.04. The van der Waals surface area contributed by atoms with Gasteiger partial charge in [-0.05, 0) is 24.8 Å². The number of nitrogens with one attached hydrogen (secondary N) is 2. The van der Waals surface area contributed by atoms with Crippen LogP contribution < -0.4 is 10.6 Å². The highest BCUT2D eigenvalue weighted by Gasteiger charge is 2.30. The van der Waals surface area contributed by atoms with E-state index in [-0.39, 0.29) is 0 Å². The molecule has 0 spiro atoms. The molecule has 0 aromatic carbocycles. The van der Waals surface area contributed by atoms with Crippen LogP contribution in [0.1, 0.15) is 29.9 Å². The molecular weight excluding hydrogens is 342 g/mol. The topological polar surface area (TPSA) is 108 Å². The number of fused-ring (bicyclic) bond motifs is 1. The average Bonchev–Trinajstić information content (AvgIpc) is 3.35. The molecule has 0 aliphatic heterocycles. The molecule has 0 bridgehead atoms. The highest BCUT2D eigenvalue weighted by Crippen LogP contribution is 2.45. The molecule has 1 aliphatic carbocycles. The van der Waals surface area contributed by atoms with Crippen molar-refractivity contribution in [1.82, 2.24) is 19.6 Å². The van der Waals surface area contributed by atoms with Crippen molar-refractivity contribution >= 4 is 34.7 Å². The molecule has 4 rings (SSSR count). The molecule has 2 amide bonds. The second-order valence-corrected chi connectivity index (χ2v) is 6.12. The van der Waals surface area contributed by atoms with Gasteiger partial charge >= 0.3 is 6.03 Å². The van der Waals surface area contributed by atoms with Gasteiger partial charge in [0.1, 0.15) is 11.2 Å². The van der Waals surface area contributed by atoms with E-state index in [1.165, 1.54) is 12.4 Å². The number of carbonyl (C=O) groups is 1. The van der Waals surface area contributed by atoms with Crippen LogP contribution in [0.15, 0.2) is 30.9 Å². The van der Waals surface area contributed by atoms with Crippen LogP contribution in [0, 0.1) is 11.3 Å². The van der Waals surface area contributed by atoms with Crippen molar-refractivity contribution in [2.45, 2.75) is 18.8 Å². The zero-order chi connectivity index (χ0) is 17.4. The van der Waals surface area contributed by atoms with Crippen LogP contribution in [0.4, 0.5) is 16.2 Å². The van der Waals surface area contributed by atoms with Gasteiger partial charge in [0.15, 0.2) is 5.65 Å². The van der Waals surface area contributed by atoms with Gasteiger partial charge in [-0.1, -0.05) is 11.6 Å². The molecule has 0 atom stereocenters. The van der Waals surface area contributed by atoms with Crippen LogP contribution in [0.3, 0.4) is 0 Å². The maximum absolute atomic E-state index is 12.3. The molecule has 1 saturated carbocycles. The lowest BCUT2D eigenvalue weighted by Crippen LogP contribution is -2.21. The summed E-state index contributed by atoms with van der Waals surface area (Å²) in [7, 11) is 0. The van der Waals surface area contributed by atoms with E-state index in [0.717, 1.165) is 18.4 Å². The van der Waals surface area contributed by atoms with Gasteiger partial charge in [-0.15, -0.1) is 0 Å². The van der Waals surface area contributed by atoms with E-state index in [4.69, 9.17) is 16.9 Å². The number of nitrogens with zero attached hydrogens (tertiary/aromatic N) is 5. The zero-order valence-electron chi connectivity index (χ0n) is 12.9. The summed E-state index contributed by atoms with van der Waals surface area (Å²) < 4.78 is 1.61. The monoisotopic (exact) mass is 353 g/mol. The highest BCUT2D eigenvalue weighted by atomic mass is 35.5. The number of imidazole rings is 1. The minimum Gasteiger partial charge on any atom is -0.306 e. The standard InChI is InChI=1S/C16H12ClN7O/c17-13-8-24-15(23-13)14(10-1-2-10)12(7-20-24)22-16(25)21-11-3-9(4-18)5-19-6-11/h3,5-8,10H,1-2H2,(H2,21,22,25). The fourth-order valence-corrected chi connectivity index (χ4v) is 2.83. The van der Waals surface area contributed by atoms with Crippen molar-refractivity contribution < 1.29 is 4.79 Å². The van der Waals surface area contributed by atoms with Gasteiger partial charge in [-0.25, -0.2) is 14.3 Å². The van der Waals surface area contributed by atoms with Crippen molar-refractivity contribution in [3.8, 4) is 6.07 Å². The minimum atomic E-state index is -0.442. The molecule has 0 unspecified atom stereocenters. The molecule has 1 fully saturated rings. The quantitative estimate of drug-likeness (QED) is 0.751. The SMILES string of the molecule is N#Cc1cncc(NC(=O)Nc2cnn3cc(Cl)nc3c2C2CC2)c1. The number of carbonyl (C=O) groups excluding carboxylic acids is 1. The lowest BCUT2D eigenvalue weighted by Gasteiger charge is -2.12. The van der Waals surface area contributed by atoms with Crippen molar-refractivity contribution in [2.24, 2.45) is 0 Å². The van der Waals surface area contributed by atoms with E-state index < -0.39 is 6.03 Å². The van der Waals surface area contributed by atoms with Crippen molar-refractivity contribution in [2.75, 3.05) is 10.6 Å². The Morgan fingerprint density at radius 1 is 1.32 bits per heavy atom. The predicted molar refractivity (Wildman–Crippen MR) is 91.6 cm³/mol. The molecule has 124 valence electrons. The Morgan fingerprint density at radius 3 is 2.92 bits per heavy atom. The van der Waals surface area contributed by atoms with Gasteiger partial charge in [0, 0.05) is 11.8 Å². The van der Waals surface area contributed by atoms with Gasteiger partial charge < -0.3 is 10.6 Å². The van der Waals surface area contributed by atoms with Crippen molar-refractivity contribution in [3.05, 3.63) is 47.1 Å². The van der Waals surface area contributed by atoms with Crippen LogP contribution in [0.25, 0.3) is 5.65 Å². The summed E-state index contributed by atoms with van der Waals surface area (Å²) in [4.78, 5) is 20.5. The number of aromatic nitrogens is 4. The molecule has 1 aliphatic rings. The number of pyridine rings is 1. The number of urea groups is 1. The average molecular weight is 354 g/mol. The molecule has 25 heavy (non-hydrogen) atoms. The first kappa shape index (κ1) is 15.4. The lowest BCUT2D eigenvalue weighted by molar-refractivity contribution is 0.262. The van der Waals surface area contributed by atoms with E-state index in [0.29, 0.717) is 33.7 Å². The van der Waals surface area contributed by atoms with Gasteiger partial charge in [0.2, 0.25) is 0 Å². The summed E-state index contributed by atoms with van der Waals surface area (Å²) in [6, 6.07) is 3.08. The number of anilines is 2. The summed E-state index contributed by atoms with van der Waals surface area (Å²) in [6.07, 6.45) is 8.18. The van der Waals surface area contributed by atoms with Crippen LogP contribution in [-0.4, -0.2) is 25.6 Å². The lowest BCUT2D eigenvalue weighted by atomic mass is 10.1. The Balaban J connectivity index is 1.60. The summed E-state index contributed by atoms with van der Waals surface area (Å²) in [6.45, 7) is 0. The fourth-order valence-electron chi connectivity index (χ4n) is 2.65. The zero-order valence-corrected chi connectivity index (χ0v) is 13.7. The van der Waals surface area contributed by atoms with Crippen LogP contribution in [0.5, 0.6) is 0 Å². The Labute approximate surface area is 147 Å². The summed E-state index contributed by atoms with van der Waals surface area (Å²) >= 11 is 5.97. The summed E-state index contributed by atoms with van der Waals surface area (Å²) in [5.41, 5.74) is 2.98. The van der Waals surface area contributed by atoms with Gasteiger partial charge in [0.25, 0.3) is 0 Å². The van der Waals surface area contributed by atoms with E-state index >= 15 is 0 Å². The highest BCUT2D eigenvalue weighted by molar-refractivity contribution is 6.29. The third-order valence-electron chi connectivity index (χ3n) is 3.86. The molecule has 3 aromatic rings.